The summed E-state index contributed by atoms with van der Waals surface area (Å²) in [4.78, 5) is 4.26. The number of rotatable bonds is 9. The molecule has 0 heterocycles. The molecule has 6 nitrogen and oxygen atoms in total. The Labute approximate surface area is 175 Å². The van der Waals surface area contributed by atoms with Crippen LogP contribution < -0.4 is 24.8 Å². The predicted octanol–water partition coefficient (Wildman–Crippen LogP) is 3.58. The van der Waals surface area contributed by atoms with Crippen LogP contribution in [0.1, 0.15) is 16.7 Å². The van der Waals surface area contributed by atoms with Crippen molar-refractivity contribution in [2.24, 2.45) is 4.99 Å². The van der Waals surface area contributed by atoms with Gasteiger partial charge in [-0.2, -0.15) is 11.8 Å². The minimum Gasteiger partial charge on any atom is -0.493 e. The van der Waals surface area contributed by atoms with Gasteiger partial charge in [-0.25, -0.2) is 4.39 Å². The summed E-state index contributed by atoms with van der Waals surface area (Å²) in [5, 5.41) is 6.54. The molecule has 2 aromatic rings. The third-order valence-electron chi connectivity index (χ3n) is 4.37. The van der Waals surface area contributed by atoms with Gasteiger partial charge >= 0.3 is 0 Å². The second kappa shape index (κ2) is 11.4. The molecule has 158 valence electrons. The Kier molecular flexibility index (Phi) is 8.92. The molecule has 0 radical (unpaired) electrons. The number of ether oxygens (including phenoxy) is 3. The van der Waals surface area contributed by atoms with Crippen LogP contribution in [0.5, 0.6) is 17.2 Å². The average molecular weight is 422 g/mol. The Bertz CT molecular complexity index is 846. The van der Waals surface area contributed by atoms with Crippen LogP contribution >= 0.6 is 11.8 Å². The molecule has 0 fully saturated rings. The Morgan fingerprint density at radius 1 is 0.931 bits per heavy atom. The molecule has 0 amide bonds. The number of benzene rings is 2. The highest BCUT2D eigenvalue weighted by atomic mass is 32.2. The summed E-state index contributed by atoms with van der Waals surface area (Å²) in [5.74, 6) is 2.92. The zero-order chi connectivity index (χ0) is 21.2. The van der Waals surface area contributed by atoms with Gasteiger partial charge in [0.1, 0.15) is 5.82 Å². The molecular weight excluding hydrogens is 393 g/mol. The van der Waals surface area contributed by atoms with E-state index < -0.39 is 0 Å². The highest BCUT2D eigenvalue weighted by Crippen LogP contribution is 2.39. The lowest BCUT2D eigenvalue weighted by Crippen LogP contribution is -2.36. The molecule has 2 aromatic carbocycles. The number of nitrogens with one attached hydrogen (secondary N) is 2. The molecule has 8 heteroatoms. The minimum atomic E-state index is -0.221. The Hall–Kier alpha value is -2.61. The zero-order valence-electron chi connectivity index (χ0n) is 17.5. The number of hydrogen-bond acceptors (Lipinski definition) is 5. The lowest BCUT2D eigenvalue weighted by atomic mass is 10.1. The van der Waals surface area contributed by atoms with Gasteiger partial charge in [0.25, 0.3) is 0 Å². The van der Waals surface area contributed by atoms with Crippen LogP contribution in [-0.4, -0.2) is 40.6 Å². The number of thioether (sulfide) groups is 1. The summed E-state index contributed by atoms with van der Waals surface area (Å²) < 4.78 is 29.8. The van der Waals surface area contributed by atoms with Crippen LogP contribution in [0.2, 0.25) is 0 Å². The summed E-state index contributed by atoms with van der Waals surface area (Å²) in [6.07, 6.45) is 2.00. The summed E-state index contributed by atoms with van der Waals surface area (Å²) in [6, 6.07) is 8.61. The second-order valence-electron chi connectivity index (χ2n) is 6.12. The van der Waals surface area contributed by atoms with Gasteiger partial charge in [-0.3, -0.25) is 4.99 Å². The number of hydrogen-bond donors (Lipinski definition) is 2. The topological polar surface area (TPSA) is 64.1 Å². The van der Waals surface area contributed by atoms with Gasteiger partial charge in [-0.15, -0.1) is 0 Å². The Morgan fingerprint density at radius 2 is 1.59 bits per heavy atom. The van der Waals surface area contributed by atoms with Crippen molar-refractivity contribution in [3.8, 4) is 17.2 Å². The number of guanidine groups is 1. The average Bonchev–Trinajstić information content (AvgIpc) is 2.74. The quantitative estimate of drug-likeness (QED) is 0.477. The third kappa shape index (κ3) is 5.93. The molecular formula is C21H28FN3O3S. The van der Waals surface area contributed by atoms with E-state index in [1.54, 1.807) is 52.3 Å². The number of nitrogens with zero attached hydrogens (tertiary/aromatic N) is 1. The van der Waals surface area contributed by atoms with Gasteiger partial charge in [0.05, 0.1) is 21.3 Å². The summed E-state index contributed by atoms with van der Waals surface area (Å²) >= 11 is 1.66. The molecule has 0 aliphatic carbocycles. The van der Waals surface area contributed by atoms with Gasteiger partial charge in [0.15, 0.2) is 17.5 Å². The zero-order valence-corrected chi connectivity index (χ0v) is 18.3. The van der Waals surface area contributed by atoms with E-state index in [1.165, 1.54) is 6.07 Å². The van der Waals surface area contributed by atoms with E-state index in [2.05, 4.69) is 15.6 Å². The van der Waals surface area contributed by atoms with Crippen molar-refractivity contribution >= 4 is 17.7 Å². The SMILES string of the molecule is CN=C(NCc1ccc(F)cc1CSC)NCc1ccc(OC)c(OC)c1OC. The van der Waals surface area contributed by atoms with Gasteiger partial charge in [-0.05, 0) is 41.6 Å². The normalized spacial score (nSPS) is 11.2. The molecule has 2 rings (SSSR count). The van der Waals surface area contributed by atoms with E-state index in [1.807, 2.05) is 18.4 Å². The van der Waals surface area contributed by atoms with Crippen LogP contribution in [0.15, 0.2) is 35.3 Å². The maximum atomic E-state index is 13.5. The van der Waals surface area contributed by atoms with Crippen molar-refractivity contribution in [3.05, 3.63) is 52.8 Å². The Morgan fingerprint density at radius 3 is 2.17 bits per heavy atom. The van der Waals surface area contributed by atoms with Crippen LogP contribution in [0.4, 0.5) is 4.39 Å². The van der Waals surface area contributed by atoms with Gasteiger partial charge in [0.2, 0.25) is 5.75 Å². The van der Waals surface area contributed by atoms with Crippen molar-refractivity contribution in [1.29, 1.82) is 0 Å². The highest BCUT2D eigenvalue weighted by Gasteiger charge is 2.16. The summed E-state index contributed by atoms with van der Waals surface area (Å²) in [7, 11) is 6.46. The molecule has 0 atom stereocenters. The number of methoxy groups -OCH3 is 3. The fourth-order valence-electron chi connectivity index (χ4n) is 2.94. The van der Waals surface area contributed by atoms with Crippen molar-refractivity contribution in [3.63, 3.8) is 0 Å². The standard InChI is InChI=1S/C21H28FN3O3S/c1-23-21(24-11-14-6-8-17(22)10-16(14)13-29-5)25-12-15-7-9-18(26-2)20(28-4)19(15)27-3/h6-10H,11-13H2,1-5H3,(H2,23,24,25). The van der Waals surface area contributed by atoms with Gasteiger partial charge in [-0.1, -0.05) is 6.07 Å². The van der Waals surface area contributed by atoms with Gasteiger partial charge < -0.3 is 24.8 Å². The van der Waals surface area contributed by atoms with E-state index in [0.29, 0.717) is 36.3 Å². The molecule has 0 unspecified atom stereocenters. The fourth-order valence-corrected chi connectivity index (χ4v) is 3.52. The molecule has 2 N–H and O–H groups in total. The maximum Gasteiger partial charge on any atom is 0.203 e. The van der Waals surface area contributed by atoms with Crippen molar-refractivity contribution in [2.45, 2.75) is 18.8 Å². The van der Waals surface area contributed by atoms with E-state index in [0.717, 1.165) is 22.4 Å². The molecule has 29 heavy (non-hydrogen) atoms. The van der Waals surface area contributed by atoms with E-state index in [-0.39, 0.29) is 5.82 Å². The molecule has 0 aliphatic rings. The monoisotopic (exact) mass is 421 g/mol. The lowest BCUT2D eigenvalue weighted by Gasteiger charge is -2.18. The Balaban J connectivity index is 2.07. The van der Waals surface area contributed by atoms with Crippen LogP contribution in [0.3, 0.4) is 0 Å². The predicted molar refractivity (Wildman–Crippen MR) is 117 cm³/mol. The fraction of sp³-hybridized carbons (Fsp3) is 0.381. The van der Waals surface area contributed by atoms with Crippen LogP contribution in [-0.2, 0) is 18.8 Å². The van der Waals surface area contributed by atoms with E-state index in [9.17, 15) is 4.39 Å². The minimum absolute atomic E-state index is 0.221. The van der Waals surface area contributed by atoms with Crippen LogP contribution in [0, 0.1) is 5.82 Å². The van der Waals surface area contributed by atoms with E-state index >= 15 is 0 Å². The molecule has 0 saturated carbocycles. The number of aliphatic imine (C=N–C) groups is 1. The first-order chi connectivity index (χ1) is 14.1. The largest absolute Gasteiger partial charge is 0.493 e. The second-order valence-corrected chi connectivity index (χ2v) is 6.98. The maximum absolute atomic E-state index is 13.5. The first kappa shape index (κ1) is 22.7. The third-order valence-corrected chi connectivity index (χ3v) is 4.97. The first-order valence-electron chi connectivity index (χ1n) is 9.06. The summed E-state index contributed by atoms with van der Waals surface area (Å²) in [6.45, 7) is 1.02. The molecule has 0 aromatic heterocycles. The van der Waals surface area contributed by atoms with Crippen LogP contribution in [0.25, 0.3) is 0 Å². The van der Waals surface area contributed by atoms with Crippen molar-refractivity contribution in [2.75, 3.05) is 34.6 Å². The first-order valence-corrected chi connectivity index (χ1v) is 10.5. The van der Waals surface area contributed by atoms with Gasteiger partial charge in [0, 0.05) is 31.5 Å². The number of halogens is 1. The lowest BCUT2D eigenvalue weighted by molar-refractivity contribution is 0.322. The van der Waals surface area contributed by atoms with E-state index in [4.69, 9.17) is 14.2 Å². The van der Waals surface area contributed by atoms with Crippen molar-refractivity contribution in [1.82, 2.24) is 10.6 Å². The molecule has 0 saturated heterocycles. The smallest absolute Gasteiger partial charge is 0.203 e. The molecule has 0 spiro atoms. The summed E-state index contributed by atoms with van der Waals surface area (Å²) in [5.41, 5.74) is 2.91. The van der Waals surface area contributed by atoms with Crippen molar-refractivity contribution < 1.29 is 18.6 Å². The molecule has 0 aliphatic heterocycles. The molecule has 0 bridgehead atoms. The highest BCUT2D eigenvalue weighted by molar-refractivity contribution is 7.97.